The maximum atomic E-state index is 13.2. The number of anilines is 1. The minimum atomic E-state index is -5.27. The van der Waals surface area contributed by atoms with Crippen LogP contribution in [0.15, 0.2) is 35.1 Å². The molecule has 1 unspecified atom stereocenters. The molecule has 0 bridgehead atoms. The topological polar surface area (TPSA) is 283 Å². The number of nitrogens with zero attached hydrogens (tertiary/aromatic N) is 7. The second-order valence-corrected chi connectivity index (χ2v) is 12.1. The Morgan fingerprint density at radius 3 is 2.63 bits per heavy atom. The molecule has 0 spiro atoms. The van der Waals surface area contributed by atoms with Gasteiger partial charge in [0.05, 0.1) is 23.8 Å². The minimum Gasteiger partial charge on any atom is -0.724 e. The van der Waals surface area contributed by atoms with E-state index < -0.39 is 58.2 Å². The molecule has 1 aliphatic rings. The Bertz CT molecular complexity index is 1740. The molecule has 46 heavy (non-hydrogen) atoms. The number of β-lactam (4-membered cyclic amide) rings is 1. The fourth-order valence-electron chi connectivity index (χ4n) is 4.16. The molecule has 1 saturated heterocycles. The Labute approximate surface area is 265 Å². The van der Waals surface area contributed by atoms with Crippen LogP contribution in [0, 0.1) is 0 Å². The number of nitrogen functional groups attached to an aromatic ring is 1. The summed E-state index contributed by atoms with van der Waals surface area (Å²) in [7, 11) is -3.40. The van der Waals surface area contributed by atoms with Gasteiger partial charge >= 0.3 is 5.97 Å². The van der Waals surface area contributed by atoms with E-state index in [4.69, 9.17) is 21.0 Å². The minimum absolute atomic E-state index is 0.0163. The van der Waals surface area contributed by atoms with Crippen LogP contribution < -0.4 is 26.2 Å². The number of aromatic nitrogens is 5. The van der Waals surface area contributed by atoms with Crippen molar-refractivity contribution in [3.05, 3.63) is 35.6 Å². The molecule has 22 heteroatoms. The highest BCUT2D eigenvalue weighted by atomic mass is 32.3. The Balaban J connectivity index is 1.44. The normalized spacial score (nSPS) is 16.9. The highest BCUT2D eigenvalue weighted by Crippen LogP contribution is 2.33. The third-order valence-corrected chi connectivity index (χ3v) is 7.58. The van der Waals surface area contributed by atoms with E-state index in [0.29, 0.717) is 17.3 Å². The van der Waals surface area contributed by atoms with Crippen molar-refractivity contribution in [3.8, 4) is 17.1 Å². The van der Waals surface area contributed by atoms with Gasteiger partial charge in [-0.1, -0.05) is 5.16 Å². The van der Waals surface area contributed by atoms with Gasteiger partial charge in [-0.2, -0.15) is 14.0 Å². The van der Waals surface area contributed by atoms with Gasteiger partial charge in [-0.05, 0) is 32.9 Å². The monoisotopic (exact) mass is 682 g/mol. The molecular formula is C24H30N10O10S2. The molecular weight excluding hydrogens is 652 g/mol. The lowest BCUT2D eigenvalue weighted by Gasteiger charge is -2.51. The fraction of sp³-hybridized carbons (Fsp3) is 0.417. The van der Waals surface area contributed by atoms with Crippen LogP contribution in [0.25, 0.3) is 11.3 Å². The van der Waals surface area contributed by atoms with E-state index in [9.17, 15) is 32.5 Å². The standard InChI is InChI=1S/C24H30N10O10S2/c1-24(2)19(21(36)34(24)44-46(39,40)41)28-20(35)18(15-12-45-23(26)27-15)31-43-16(22(37)38)11-42-17-6-5-14(29-30-17)13-9-32(3)33(10-13)8-4-7-25/h5-6,9-10,12,16,19H,4,7-8,11,25H2,1-3H3,(H4-,26,27,28,35,37,38,39,40,41)/b31-18-/t16?,19-/m1/s1. The van der Waals surface area contributed by atoms with E-state index in [1.54, 1.807) is 6.07 Å². The second-order valence-electron chi connectivity index (χ2n) is 10.3. The van der Waals surface area contributed by atoms with Crippen molar-refractivity contribution in [2.24, 2.45) is 17.9 Å². The molecule has 4 heterocycles. The number of aryl methyl sites for hydroxylation is 2. The van der Waals surface area contributed by atoms with Crippen LogP contribution in [0.4, 0.5) is 5.13 Å². The molecule has 0 radical (unpaired) electrons. The number of aliphatic carboxylic acids is 1. The Kier molecular flexibility index (Phi) is 10.2. The molecule has 20 nitrogen and oxygen atoms in total. The van der Waals surface area contributed by atoms with Gasteiger partial charge < -0.3 is 36.0 Å². The summed E-state index contributed by atoms with van der Waals surface area (Å²) in [6.45, 7) is 3.32. The van der Waals surface area contributed by atoms with E-state index in [1.165, 1.54) is 25.3 Å². The van der Waals surface area contributed by atoms with E-state index >= 15 is 0 Å². The van der Waals surface area contributed by atoms with Crippen LogP contribution in [0.1, 0.15) is 26.0 Å². The number of ether oxygens (including phenoxy) is 1. The van der Waals surface area contributed by atoms with Crippen LogP contribution in [-0.2, 0) is 47.5 Å². The van der Waals surface area contributed by atoms with Crippen LogP contribution in [0.2, 0.25) is 0 Å². The third kappa shape index (κ3) is 7.89. The molecule has 3 aromatic rings. The third-order valence-electron chi connectivity index (χ3n) is 6.57. The lowest BCUT2D eigenvalue weighted by atomic mass is 9.84. The first-order valence-electron chi connectivity index (χ1n) is 13.3. The lowest BCUT2D eigenvalue weighted by Crippen LogP contribution is -2.76. The van der Waals surface area contributed by atoms with Gasteiger partial charge in [-0.25, -0.2) is 18.2 Å². The van der Waals surface area contributed by atoms with E-state index in [-0.39, 0.29) is 16.7 Å². The van der Waals surface area contributed by atoms with E-state index in [1.807, 2.05) is 28.8 Å². The number of hydrogen-bond acceptors (Lipinski definition) is 16. The van der Waals surface area contributed by atoms with E-state index in [0.717, 1.165) is 29.9 Å². The smallest absolute Gasteiger partial charge is 0.351 e. The molecule has 4 rings (SSSR count). The molecule has 2 amide bonds. The van der Waals surface area contributed by atoms with Gasteiger partial charge in [0.15, 0.2) is 17.9 Å². The summed E-state index contributed by atoms with van der Waals surface area (Å²) in [6.07, 6.45) is 2.80. The number of carboxylic acid groups (broad SMARTS) is 1. The zero-order valence-corrected chi connectivity index (χ0v) is 26.2. The highest BCUT2D eigenvalue weighted by molar-refractivity contribution is 7.80. The molecule has 3 aromatic heterocycles. The number of nitrogens with two attached hydrogens (primary N) is 2. The predicted octanol–water partition coefficient (Wildman–Crippen LogP) is -2.09. The summed E-state index contributed by atoms with van der Waals surface area (Å²) in [4.78, 5) is 46.6. The first-order chi connectivity index (χ1) is 21.6. The van der Waals surface area contributed by atoms with Crippen LogP contribution in [0.5, 0.6) is 5.88 Å². The number of carbonyl (C=O) groups excluding carboxylic acids is 2. The predicted molar refractivity (Wildman–Crippen MR) is 155 cm³/mol. The van der Waals surface area contributed by atoms with Crippen molar-refractivity contribution in [3.63, 3.8) is 0 Å². The van der Waals surface area contributed by atoms with E-state index in [2.05, 4.69) is 29.9 Å². The number of carboxylic acids is 1. The second kappa shape index (κ2) is 13.7. The van der Waals surface area contributed by atoms with Crippen molar-refractivity contribution in [2.75, 3.05) is 18.9 Å². The molecule has 248 valence electrons. The van der Waals surface area contributed by atoms with Crippen molar-refractivity contribution >= 4 is 50.4 Å². The van der Waals surface area contributed by atoms with Gasteiger partial charge in [0.1, 0.15) is 24.0 Å². The molecule has 1 fully saturated rings. The van der Waals surface area contributed by atoms with Crippen molar-refractivity contribution in [1.82, 2.24) is 30.2 Å². The first-order valence-corrected chi connectivity index (χ1v) is 15.5. The highest BCUT2D eigenvalue weighted by Gasteiger charge is 2.57. The fourth-order valence-corrected chi connectivity index (χ4v) is 5.16. The Hall–Kier alpha value is -4.77. The molecule has 0 aromatic carbocycles. The number of amides is 2. The summed E-state index contributed by atoms with van der Waals surface area (Å²) < 4.78 is 46.4. The molecule has 6 N–H and O–H groups in total. The molecule has 0 aliphatic carbocycles. The maximum absolute atomic E-state index is 13.2. The summed E-state index contributed by atoms with van der Waals surface area (Å²) in [6, 6.07) is 1.76. The SMILES string of the molecule is C[n+]1cc(-c2ccc(OCC(O/N=C(\C(=O)N[C@@H]3C(=O)N(OS(=O)(=O)[O-])C3(C)C)c3csc(N)n3)C(=O)O)nn2)cn1CCCN. The lowest BCUT2D eigenvalue weighted by molar-refractivity contribution is -0.753. The van der Waals surface area contributed by atoms with Crippen LogP contribution >= 0.6 is 11.3 Å². The number of thiazole rings is 1. The van der Waals surface area contributed by atoms with Gasteiger partial charge in [0.25, 0.3) is 17.9 Å². The average molecular weight is 683 g/mol. The summed E-state index contributed by atoms with van der Waals surface area (Å²) in [5.41, 5.74) is 10.4. The van der Waals surface area contributed by atoms with Crippen molar-refractivity contribution in [2.45, 2.75) is 44.5 Å². The number of carbonyl (C=O) groups is 3. The number of hydroxylamine groups is 2. The largest absolute Gasteiger partial charge is 0.724 e. The Morgan fingerprint density at radius 1 is 1.33 bits per heavy atom. The molecule has 1 aliphatic heterocycles. The van der Waals surface area contributed by atoms with Gasteiger partial charge in [0, 0.05) is 11.4 Å². The van der Waals surface area contributed by atoms with Gasteiger partial charge in [-0.3, -0.25) is 9.59 Å². The first kappa shape index (κ1) is 34.1. The number of oxime groups is 1. The van der Waals surface area contributed by atoms with Crippen LogP contribution in [-0.4, -0.2) is 97.3 Å². The van der Waals surface area contributed by atoms with Gasteiger partial charge in [0.2, 0.25) is 22.5 Å². The quantitative estimate of drug-likeness (QED) is 0.0334. The number of nitrogens with one attached hydrogen (secondary N) is 1. The zero-order chi connectivity index (χ0) is 33.8. The summed E-state index contributed by atoms with van der Waals surface area (Å²) >= 11 is 0.939. The average Bonchev–Trinajstić information content (AvgIpc) is 3.59. The summed E-state index contributed by atoms with van der Waals surface area (Å²) in [5.74, 6) is -3.62. The van der Waals surface area contributed by atoms with Crippen molar-refractivity contribution in [1.29, 1.82) is 0 Å². The molecule has 0 saturated carbocycles. The van der Waals surface area contributed by atoms with Crippen molar-refractivity contribution < 1.29 is 51.0 Å². The Morgan fingerprint density at radius 2 is 2.07 bits per heavy atom. The van der Waals surface area contributed by atoms with Gasteiger partial charge in [-0.15, -0.1) is 26.2 Å². The summed E-state index contributed by atoms with van der Waals surface area (Å²) in [5, 5.41) is 25.5. The molecule has 2 atom stereocenters. The number of hydrogen-bond donors (Lipinski definition) is 4. The zero-order valence-electron chi connectivity index (χ0n) is 24.6. The number of rotatable bonds is 15. The maximum Gasteiger partial charge on any atom is 0.351 e. The van der Waals surface area contributed by atoms with Crippen LogP contribution in [0.3, 0.4) is 0 Å².